The summed E-state index contributed by atoms with van der Waals surface area (Å²) in [5.41, 5.74) is 2.62. The maximum atomic E-state index is 12.3. The van der Waals surface area contributed by atoms with E-state index < -0.39 is 0 Å². The number of carbonyl (C=O) groups is 1. The van der Waals surface area contributed by atoms with Crippen molar-refractivity contribution in [1.82, 2.24) is 0 Å². The van der Waals surface area contributed by atoms with Crippen molar-refractivity contribution in [2.75, 3.05) is 12.4 Å². The van der Waals surface area contributed by atoms with Crippen molar-refractivity contribution in [2.45, 2.75) is 19.3 Å². The molecule has 1 saturated carbocycles. The summed E-state index contributed by atoms with van der Waals surface area (Å²) in [4.78, 5) is 12.3. The van der Waals surface area contributed by atoms with Crippen LogP contribution in [0.4, 0.5) is 5.69 Å². The molecule has 4 heteroatoms. The number of aryl methyl sites for hydroxylation is 1. The van der Waals surface area contributed by atoms with E-state index in [4.69, 9.17) is 4.74 Å². The maximum Gasteiger partial charge on any atom is 0.228 e. The number of carbonyl (C=O) groups excluding carboxylic acids is 1. The molecule has 3 rings (SSSR count). The SMILES string of the molecule is COc1ccc(C2CC2C(=O)Nc2cc(C)ccc2O)cc1. The molecule has 2 aromatic rings. The van der Waals surface area contributed by atoms with Gasteiger partial charge in [0.2, 0.25) is 5.91 Å². The number of hydrogen-bond acceptors (Lipinski definition) is 3. The van der Waals surface area contributed by atoms with E-state index in [1.165, 1.54) is 0 Å². The second-order valence-electron chi connectivity index (χ2n) is 5.73. The predicted molar refractivity (Wildman–Crippen MR) is 85.3 cm³/mol. The lowest BCUT2D eigenvalue weighted by atomic mass is 10.1. The van der Waals surface area contributed by atoms with E-state index in [1.807, 2.05) is 37.3 Å². The van der Waals surface area contributed by atoms with Gasteiger partial charge in [-0.15, -0.1) is 0 Å². The number of hydrogen-bond donors (Lipinski definition) is 2. The molecular formula is C18H19NO3. The minimum atomic E-state index is -0.0401. The van der Waals surface area contributed by atoms with Crippen molar-refractivity contribution in [3.8, 4) is 11.5 Å². The number of amides is 1. The standard InChI is InChI=1S/C18H19NO3/c1-11-3-8-17(20)16(9-11)19-18(21)15-10-14(15)12-4-6-13(22-2)7-5-12/h3-9,14-15,20H,10H2,1-2H3,(H,19,21). The molecule has 0 saturated heterocycles. The average Bonchev–Trinajstić information content (AvgIpc) is 3.32. The van der Waals surface area contributed by atoms with Crippen molar-refractivity contribution in [2.24, 2.45) is 5.92 Å². The molecule has 2 unspecified atom stereocenters. The van der Waals surface area contributed by atoms with E-state index in [9.17, 15) is 9.90 Å². The van der Waals surface area contributed by atoms with Crippen LogP contribution in [0, 0.1) is 12.8 Å². The van der Waals surface area contributed by atoms with Crippen LogP contribution in [0.1, 0.15) is 23.5 Å². The Balaban J connectivity index is 1.66. The summed E-state index contributed by atoms with van der Waals surface area (Å²) in [6.45, 7) is 1.92. The van der Waals surface area contributed by atoms with Crippen molar-refractivity contribution in [3.63, 3.8) is 0 Å². The minimum Gasteiger partial charge on any atom is -0.506 e. The van der Waals surface area contributed by atoms with Gasteiger partial charge in [0.05, 0.1) is 12.8 Å². The molecule has 0 radical (unpaired) electrons. The number of benzene rings is 2. The zero-order valence-corrected chi connectivity index (χ0v) is 12.7. The summed E-state index contributed by atoms with van der Waals surface area (Å²) in [5, 5.41) is 12.6. The van der Waals surface area contributed by atoms with Gasteiger partial charge in [-0.2, -0.15) is 0 Å². The van der Waals surface area contributed by atoms with Crippen LogP contribution in [-0.2, 0) is 4.79 Å². The number of phenolic OH excluding ortho intramolecular Hbond substituents is 1. The van der Waals surface area contributed by atoms with Crippen molar-refractivity contribution >= 4 is 11.6 Å². The number of ether oxygens (including phenoxy) is 1. The lowest BCUT2D eigenvalue weighted by molar-refractivity contribution is -0.117. The van der Waals surface area contributed by atoms with Crippen LogP contribution in [0.5, 0.6) is 11.5 Å². The van der Waals surface area contributed by atoms with Gasteiger partial charge in [-0.25, -0.2) is 0 Å². The Labute approximate surface area is 129 Å². The van der Waals surface area contributed by atoms with Crippen LogP contribution in [-0.4, -0.2) is 18.1 Å². The molecule has 22 heavy (non-hydrogen) atoms. The summed E-state index contributed by atoms with van der Waals surface area (Å²) in [6.07, 6.45) is 0.838. The zero-order valence-electron chi connectivity index (χ0n) is 12.7. The van der Waals surface area contributed by atoms with Crippen molar-refractivity contribution in [3.05, 3.63) is 53.6 Å². The summed E-state index contributed by atoms with van der Waals surface area (Å²) < 4.78 is 5.14. The quantitative estimate of drug-likeness (QED) is 0.850. The topological polar surface area (TPSA) is 58.6 Å². The summed E-state index contributed by atoms with van der Waals surface area (Å²) in [6, 6.07) is 13.0. The molecule has 0 aliphatic heterocycles. The first kappa shape index (κ1) is 14.4. The number of rotatable bonds is 4. The smallest absolute Gasteiger partial charge is 0.228 e. The summed E-state index contributed by atoms with van der Waals surface area (Å²) in [7, 11) is 1.64. The average molecular weight is 297 g/mol. The number of methoxy groups -OCH3 is 1. The Kier molecular flexibility index (Phi) is 3.75. The number of nitrogens with one attached hydrogen (secondary N) is 1. The summed E-state index contributed by atoms with van der Waals surface area (Å²) >= 11 is 0. The molecule has 0 spiro atoms. The normalized spacial score (nSPS) is 19.5. The molecule has 2 aromatic carbocycles. The molecule has 4 nitrogen and oxygen atoms in total. The largest absolute Gasteiger partial charge is 0.506 e. The van der Waals surface area contributed by atoms with E-state index in [0.29, 0.717) is 5.69 Å². The number of phenols is 1. The molecule has 2 N–H and O–H groups in total. The molecule has 2 atom stereocenters. The highest BCUT2D eigenvalue weighted by Crippen LogP contribution is 2.48. The molecule has 1 aliphatic rings. The van der Waals surface area contributed by atoms with Crippen LogP contribution in [0.3, 0.4) is 0 Å². The van der Waals surface area contributed by atoms with Gasteiger partial charge in [0, 0.05) is 5.92 Å². The van der Waals surface area contributed by atoms with Gasteiger partial charge in [-0.05, 0) is 54.7 Å². The van der Waals surface area contributed by atoms with Gasteiger partial charge >= 0.3 is 0 Å². The first-order chi connectivity index (χ1) is 10.6. The fraction of sp³-hybridized carbons (Fsp3) is 0.278. The van der Waals surface area contributed by atoms with E-state index in [-0.39, 0.29) is 23.5 Å². The Hall–Kier alpha value is -2.49. The Morgan fingerprint density at radius 1 is 1.23 bits per heavy atom. The molecule has 1 fully saturated rings. The van der Waals surface area contributed by atoms with Crippen molar-refractivity contribution < 1.29 is 14.6 Å². The Morgan fingerprint density at radius 2 is 1.95 bits per heavy atom. The molecule has 1 aliphatic carbocycles. The third kappa shape index (κ3) is 2.91. The molecular weight excluding hydrogens is 278 g/mol. The van der Waals surface area contributed by atoms with E-state index in [0.717, 1.165) is 23.3 Å². The zero-order chi connectivity index (χ0) is 15.7. The maximum absolute atomic E-state index is 12.3. The predicted octanol–water partition coefficient (Wildman–Crippen LogP) is 3.45. The van der Waals surface area contributed by atoms with E-state index >= 15 is 0 Å². The van der Waals surface area contributed by atoms with Gasteiger partial charge in [0.1, 0.15) is 11.5 Å². The lowest BCUT2D eigenvalue weighted by Gasteiger charge is -2.08. The number of anilines is 1. The van der Waals surface area contributed by atoms with Crippen LogP contribution in [0.2, 0.25) is 0 Å². The van der Waals surface area contributed by atoms with Crippen LogP contribution < -0.4 is 10.1 Å². The lowest BCUT2D eigenvalue weighted by Crippen LogP contribution is -2.14. The summed E-state index contributed by atoms with van der Waals surface area (Å²) in [5.74, 6) is 1.09. The van der Waals surface area contributed by atoms with Gasteiger partial charge in [-0.3, -0.25) is 4.79 Å². The highest BCUT2D eigenvalue weighted by atomic mass is 16.5. The molecule has 114 valence electrons. The highest BCUT2D eigenvalue weighted by Gasteiger charge is 2.44. The van der Waals surface area contributed by atoms with Crippen LogP contribution in [0.15, 0.2) is 42.5 Å². The number of aromatic hydroxyl groups is 1. The highest BCUT2D eigenvalue weighted by molar-refractivity contribution is 5.96. The second-order valence-corrected chi connectivity index (χ2v) is 5.73. The molecule has 0 heterocycles. The van der Waals surface area contributed by atoms with Crippen LogP contribution >= 0.6 is 0 Å². The van der Waals surface area contributed by atoms with Gasteiger partial charge in [0.15, 0.2) is 0 Å². The first-order valence-electron chi connectivity index (χ1n) is 7.33. The van der Waals surface area contributed by atoms with Gasteiger partial charge < -0.3 is 15.2 Å². The van der Waals surface area contributed by atoms with Crippen molar-refractivity contribution in [1.29, 1.82) is 0 Å². The van der Waals surface area contributed by atoms with E-state index in [1.54, 1.807) is 19.2 Å². The Morgan fingerprint density at radius 3 is 2.64 bits per heavy atom. The first-order valence-corrected chi connectivity index (χ1v) is 7.33. The van der Waals surface area contributed by atoms with Crippen LogP contribution in [0.25, 0.3) is 0 Å². The molecule has 0 bridgehead atoms. The molecule has 0 aromatic heterocycles. The third-order valence-corrected chi connectivity index (χ3v) is 4.08. The molecule has 1 amide bonds. The second kappa shape index (κ2) is 5.72. The van der Waals surface area contributed by atoms with E-state index in [2.05, 4.69) is 5.32 Å². The van der Waals surface area contributed by atoms with Gasteiger partial charge in [-0.1, -0.05) is 18.2 Å². The monoisotopic (exact) mass is 297 g/mol. The fourth-order valence-corrected chi connectivity index (χ4v) is 2.68. The third-order valence-electron chi connectivity index (χ3n) is 4.08. The minimum absolute atomic E-state index is 0.0340. The Bertz CT molecular complexity index is 694. The van der Waals surface area contributed by atoms with Gasteiger partial charge in [0.25, 0.3) is 0 Å². The fourth-order valence-electron chi connectivity index (χ4n) is 2.68.